The predicted octanol–water partition coefficient (Wildman–Crippen LogP) is 2.24. The van der Waals surface area contributed by atoms with Crippen LogP contribution in [0.25, 0.3) is 0 Å². The largest absolute Gasteiger partial charge is 0.359 e. The lowest BCUT2D eigenvalue weighted by atomic mass is 10.3. The zero-order chi connectivity index (χ0) is 13.8. The molecule has 2 aromatic heterocycles. The van der Waals surface area contributed by atoms with Crippen molar-refractivity contribution in [3.63, 3.8) is 0 Å². The van der Waals surface area contributed by atoms with E-state index in [1.807, 2.05) is 13.0 Å². The number of rotatable bonds is 4. The Hall–Kier alpha value is -2.53. The molecule has 0 atom stereocenters. The number of nitro groups is 1. The monoisotopic (exact) mass is 275 g/mol. The third-order valence-electron chi connectivity index (χ3n) is 2.29. The highest BCUT2D eigenvalue weighted by Crippen LogP contribution is 2.23. The number of pyridine rings is 1. The van der Waals surface area contributed by atoms with Gasteiger partial charge >= 0.3 is 5.69 Å². The van der Waals surface area contributed by atoms with Gasteiger partial charge in [0.2, 0.25) is 5.82 Å². The molecule has 0 aromatic carbocycles. The van der Waals surface area contributed by atoms with Gasteiger partial charge in [-0.25, -0.2) is 9.97 Å². The maximum absolute atomic E-state index is 10.9. The molecule has 0 aliphatic heterocycles. The standard InChI is InChI=1S/C11H9N5O2S/c1-7-13-5-9(19-7)6-15-11-10(16(17)18)2-8(3-12)4-14-11/h2,4-5H,6H2,1H3,(H,14,15). The second kappa shape index (κ2) is 5.41. The average molecular weight is 275 g/mol. The minimum atomic E-state index is -0.561. The summed E-state index contributed by atoms with van der Waals surface area (Å²) >= 11 is 1.51. The van der Waals surface area contributed by atoms with Crippen molar-refractivity contribution in [3.05, 3.63) is 44.0 Å². The van der Waals surface area contributed by atoms with E-state index in [4.69, 9.17) is 5.26 Å². The molecule has 0 unspecified atom stereocenters. The fraction of sp³-hybridized carbons (Fsp3) is 0.182. The molecule has 2 heterocycles. The van der Waals surface area contributed by atoms with Crippen LogP contribution in [0.5, 0.6) is 0 Å². The number of nitriles is 1. The number of thiazole rings is 1. The number of aryl methyl sites for hydroxylation is 1. The molecule has 0 aliphatic rings. The Kier molecular flexibility index (Phi) is 3.68. The van der Waals surface area contributed by atoms with Gasteiger partial charge in [0, 0.05) is 23.3 Å². The molecule has 19 heavy (non-hydrogen) atoms. The lowest BCUT2D eigenvalue weighted by molar-refractivity contribution is -0.384. The van der Waals surface area contributed by atoms with Crippen molar-refractivity contribution in [2.24, 2.45) is 0 Å². The number of hydrogen-bond donors (Lipinski definition) is 1. The average Bonchev–Trinajstić information content (AvgIpc) is 2.82. The fourth-order valence-corrected chi connectivity index (χ4v) is 2.18. The quantitative estimate of drug-likeness (QED) is 0.677. The van der Waals surface area contributed by atoms with Crippen LogP contribution in [-0.4, -0.2) is 14.9 Å². The van der Waals surface area contributed by atoms with Crippen LogP contribution in [-0.2, 0) is 6.54 Å². The SMILES string of the molecule is Cc1ncc(CNc2ncc(C#N)cc2[N+](=O)[O-])s1. The van der Waals surface area contributed by atoms with Crippen LogP contribution >= 0.6 is 11.3 Å². The van der Waals surface area contributed by atoms with E-state index in [1.165, 1.54) is 23.6 Å². The van der Waals surface area contributed by atoms with Gasteiger partial charge in [-0.15, -0.1) is 11.3 Å². The van der Waals surface area contributed by atoms with Gasteiger partial charge in [0.05, 0.1) is 22.0 Å². The molecule has 8 heteroatoms. The van der Waals surface area contributed by atoms with Crippen molar-refractivity contribution >= 4 is 22.8 Å². The minimum Gasteiger partial charge on any atom is -0.359 e. The minimum absolute atomic E-state index is 0.148. The van der Waals surface area contributed by atoms with Crippen molar-refractivity contribution in [2.75, 3.05) is 5.32 Å². The fourth-order valence-electron chi connectivity index (χ4n) is 1.45. The van der Waals surface area contributed by atoms with Crippen LogP contribution in [0.3, 0.4) is 0 Å². The first kappa shape index (κ1) is 12.9. The van der Waals surface area contributed by atoms with Crippen molar-refractivity contribution in [3.8, 4) is 6.07 Å². The number of anilines is 1. The summed E-state index contributed by atoms with van der Waals surface area (Å²) in [5, 5.41) is 23.4. The van der Waals surface area contributed by atoms with E-state index in [1.54, 1.807) is 6.20 Å². The van der Waals surface area contributed by atoms with Crippen LogP contribution in [0, 0.1) is 28.4 Å². The highest BCUT2D eigenvalue weighted by atomic mass is 32.1. The van der Waals surface area contributed by atoms with Gasteiger partial charge < -0.3 is 5.32 Å². The first-order valence-corrected chi connectivity index (χ1v) is 6.11. The van der Waals surface area contributed by atoms with Crippen molar-refractivity contribution in [1.82, 2.24) is 9.97 Å². The third-order valence-corrected chi connectivity index (χ3v) is 3.21. The summed E-state index contributed by atoms with van der Waals surface area (Å²) in [5.74, 6) is 0.148. The first-order chi connectivity index (χ1) is 9.10. The van der Waals surface area contributed by atoms with E-state index in [2.05, 4.69) is 15.3 Å². The summed E-state index contributed by atoms with van der Waals surface area (Å²) in [5.41, 5.74) is -0.0498. The highest BCUT2D eigenvalue weighted by molar-refractivity contribution is 7.11. The maximum Gasteiger partial charge on any atom is 0.312 e. The summed E-state index contributed by atoms with van der Waals surface area (Å²) in [7, 11) is 0. The number of nitrogens with zero attached hydrogens (tertiary/aromatic N) is 4. The Morgan fingerprint density at radius 2 is 2.32 bits per heavy atom. The topological polar surface area (TPSA) is 105 Å². The van der Waals surface area contributed by atoms with E-state index < -0.39 is 4.92 Å². The van der Waals surface area contributed by atoms with Gasteiger partial charge in [-0.05, 0) is 6.92 Å². The number of hydrogen-bond acceptors (Lipinski definition) is 7. The van der Waals surface area contributed by atoms with Crippen LogP contribution in [0.1, 0.15) is 15.4 Å². The molecule has 2 aromatic rings. The summed E-state index contributed by atoms with van der Waals surface area (Å²) in [6.07, 6.45) is 3.01. The number of aromatic nitrogens is 2. The zero-order valence-corrected chi connectivity index (χ0v) is 10.8. The van der Waals surface area contributed by atoms with Gasteiger partial charge in [0.15, 0.2) is 0 Å². The van der Waals surface area contributed by atoms with E-state index in [0.29, 0.717) is 6.54 Å². The summed E-state index contributed by atoms with van der Waals surface area (Å²) in [4.78, 5) is 19.3. The molecule has 0 saturated heterocycles. The van der Waals surface area contributed by atoms with Crippen LogP contribution in [0.2, 0.25) is 0 Å². The molecule has 0 radical (unpaired) electrons. The molecule has 0 spiro atoms. The molecule has 7 nitrogen and oxygen atoms in total. The molecule has 0 aliphatic carbocycles. The second-order valence-electron chi connectivity index (χ2n) is 3.66. The van der Waals surface area contributed by atoms with Gasteiger partial charge in [-0.1, -0.05) is 0 Å². The Bertz CT molecular complexity index is 661. The normalized spacial score (nSPS) is 9.89. The van der Waals surface area contributed by atoms with Crippen LogP contribution < -0.4 is 5.32 Å². The molecule has 0 saturated carbocycles. The predicted molar refractivity (Wildman–Crippen MR) is 69.8 cm³/mol. The molecular formula is C11H9N5O2S. The maximum atomic E-state index is 10.9. The number of nitrogens with one attached hydrogen (secondary N) is 1. The Balaban J connectivity index is 2.20. The van der Waals surface area contributed by atoms with E-state index in [0.717, 1.165) is 9.88 Å². The lowest BCUT2D eigenvalue weighted by Gasteiger charge is -2.04. The molecule has 96 valence electrons. The Morgan fingerprint density at radius 1 is 1.53 bits per heavy atom. The van der Waals surface area contributed by atoms with Crippen molar-refractivity contribution in [1.29, 1.82) is 5.26 Å². The van der Waals surface area contributed by atoms with E-state index in [-0.39, 0.29) is 17.1 Å². The smallest absolute Gasteiger partial charge is 0.312 e. The molecular weight excluding hydrogens is 266 g/mol. The second-order valence-corrected chi connectivity index (χ2v) is 4.98. The zero-order valence-electron chi connectivity index (χ0n) is 9.95. The van der Waals surface area contributed by atoms with Gasteiger partial charge in [-0.2, -0.15) is 5.26 Å². The Morgan fingerprint density at radius 3 is 2.89 bits per heavy atom. The third kappa shape index (κ3) is 3.02. The molecule has 0 fully saturated rings. The Labute approximate surface area is 112 Å². The van der Waals surface area contributed by atoms with Gasteiger partial charge in [0.25, 0.3) is 0 Å². The van der Waals surface area contributed by atoms with Crippen LogP contribution in [0.4, 0.5) is 11.5 Å². The summed E-state index contributed by atoms with van der Waals surface area (Å²) < 4.78 is 0. The van der Waals surface area contributed by atoms with Crippen LogP contribution in [0.15, 0.2) is 18.5 Å². The first-order valence-electron chi connectivity index (χ1n) is 5.30. The molecule has 2 rings (SSSR count). The molecule has 1 N–H and O–H groups in total. The van der Waals surface area contributed by atoms with Gasteiger partial charge in [0.1, 0.15) is 6.07 Å². The van der Waals surface area contributed by atoms with E-state index in [9.17, 15) is 10.1 Å². The molecule has 0 amide bonds. The van der Waals surface area contributed by atoms with E-state index >= 15 is 0 Å². The summed E-state index contributed by atoms with van der Waals surface area (Å²) in [6.45, 7) is 2.29. The van der Waals surface area contributed by atoms with Gasteiger partial charge in [-0.3, -0.25) is 10.1 Å². The van der Waals surface area contributed by atoms with Crippen molar-refractivity contribution < 1.29 is 4.92 Å². The molecule has 0 bridgehead atoms. The van der Waals surface area contributed by atoms with Crippen molar-refractivity contribution in [2.45, 2.75) is 13.5 Å². The lowest BCUT2D eigenvalue weighted by Crippen LogP contribution is -2.04. The highest BCUT2D eigenvalue weighted by Gasteiger charge is 2.16. The summed E-state index contributed by atoms with van der Waals surface area (Å²) in [6, 6.07) is 3.03.